The smallest absolute Gasteiger partial charge is 0.481 e. The number of aliphatic carboxylic acids is 1. The van der Waals surface area contributed by atoms with Gasteiger partial charge in [0.2, 0.25) is 0 Å². The maximum atomic E-state index is 9.00. The fourth-order valence-corrected chi connectivity index (χ4v) is 3.47. The van der Waals surface area contributed by atoms with Crippen molar-refractivity contribution in [2.75, 3.05) is 0 Å². The Balaban J connectivity index is 0.000000827. The maximum Gasteiger partial charge on any atom is 1.00 e. The summed E-state index contributed by atoms with van der Waals surface area (Å²) in [5.74, 6) is -0.833. The van der Waals surface area contributed by atoms with Gasteiger partial charge < -0.3 is 14.2 Å². The van der Waals surface area contributed by atoms with Crippen LogP contribution < -0.4 is 0 Å². The Morgan fingerprint density at radius 2 is 1.10 bits per heavy atom. The number of carboxylic acid groups (broad SMARTS) is 1. The molecule has 4 nitrogen and oxygen atoms in total. The fourth-order valence-electron chi connectivity index (χ4n) is 3.47. The Labute approximate surface area is 196 Å². The van der Waals surface area contributed by atoms with Gasteiger partial charge in [0, 0.05) is 20.0 Å². The van der Waals surface area contributed by atoms with E-state index < -0.39 is 5.97 Å². The zero-order valence-corrected chi connectivity index (χ0v) is 20.6. The van der Waals surface area contributed by atoms with E-state index in [4.69, 9.17) is 9.90 Å². The number of para-hydroxylation sites is 2. The first kappa shape index (κ1) is 26.2. The second-order valence-electron chi connectivity index (χ2n) is 10.0. The van der Waals surface area contributed by atoms with Gasteiger partial charge >= 0.3 is 22.4 Å². The first-order valence-corrected chi connectivity index (χ1v) is 10.1. The van der Waals surface area contributed by atoms with Gasteiger partial charge in [0.05, 0.1) is 0 Å². The number of hydrogen-bond donors (Lipinski definition) is 1. The zero-order valence-electron chi connectivity index (χ0n) is 19.2. The molecular weight excluding hydrogens is 468 g/mol. The predicted molar refractivity (Wildman–Crippen MR) is 123 cm³/mol. The minimum atomic E-state index is -0.833. The van der Waals surface area contributed by atoms with Crippen molar-refractivity contribution < 1.29 is 32.3 Å². The van der Waals surface area contributed by atoms with Gasteiger partial charge in [0.15, 0.2) is 0 Å². The summed E-state index contributed by atoms with van der Waals surface area (Å²) in [5, 5.41) is 10.0. The second kappa shape index (κ2) is 10.4. The van der Waals surface area contributed by atoms with Crippen molar-refractivity contribution in [3.63, 3.8) is 0 Å². The molecule has 1 heterocycles. The summed E-state index contributed by atoms with van der Waals surface area (Å²) in [4.78, 5) is 9.00. The van der Waals surface area contributed by atoms with Crippen molar-refractivity contribution in [1.29, 1.82) is 0 Å². The van der Waals surface area contributed by atoms with E-state index in [0.717, 1.165) is 20.0 Å². The number of rotatable bonds is 2. The van der Waals surface area contributed by atoms with Crippen LogP contribution in [0.4, 0.5) is 0 Å². The third-order valence-electron chi connectivity index (χ3n) is 4.29. The molecule has 3 rings (SSSR count). The number of nitrogens with zero attached hydrogens (tertiary/aromatic N) is 2. The predicted octanol–water partition coefficient (Wildman–Crippen LogP) is 6.62. The summed E-state index contributed by atoms with van der Waals surface area (Å²) < 4.78 is 4.86. The van der Waals surface area contributed by atoms with E-state index in [1.54, 1.807) is 0 Å². The quantitative estimate of drug-likeness (QED) is 0.316. The van der Waals surface area contributed by atoms with Crippen LogP contribution in [0.25, 0.3) is 21.8 Å². The van der Waals surface area contributed by atoms with Gasteiger partial charge in [-0.05, 0) is 28.2 Å². The minimum Gasteiger partial charge on any atom is -0.481 e. The first-order valence-electron chi connectivity index (χ1n) is 10.1. The Kier molecular flexibility index (Phi) is 9.09. The van der Waals surface area contributed by atoms with Gasteiger partial charge in [-0.1, -0.05) is 101 Å². The molecule has 0 radical (unpaired) electrons. The van der Waals surface area contributed by atoms with Crippen LogP contribution in [0, 0.1) is 10.8 Å². The van der Waals surface area contributed by atoms with Crippen molar-refractivity contribution >= 4 is 27.8 Å². The second-order valence-corrected chi connectivity index (χ2v) is 10.0. The van der Waals surface area contributed by atoms with Gasteiger partial charge in [-0.25, -0.2) is 0 Å². The summed E-state index contributed by atoms with van der Waals surface area (Å²) in [7, 11) is 0. The van der Waals surface area contributed by atoms with E-state index in [1.807, 2.05) is 0 Å². The van der Waals surface area contributed by atoms with E-state index in [-0.39, 0.29) is 33.2 Å². The van der Waals surface area contributed by atoms with E-state index in [1.165, 1.54) is 21.8 Å². The minimum absolute atomic E-state index is 0. The van der Waals surface area contributed by atoms with Crippen molar-refractivity contribution in [3.8, 4) is 0 Å². The monoisotopic (exact) mass is 502 g/mol. The number of aromatic nitrogens is 2. The average Bonchev–Trinajstić information content (AvgIpc) is 2.68. The van der Waals surface area contributed by atoms with Crippen LogP contribution in [0.2, 0.25) is 0 Å². The van der Waals surface area contributed by atoms with Gasteiger partial charge in [0.1, 0.15) is 0 Å². The van der Waals surface area contributed by atoms with Crippen LogP contribution in [-0.2, 0) is 40.3 Å². The Hall–Kier alpha value is -1.88. The molecule has 0 unspecified atom stereocenters. The molecule has 1 N–H and O–H groups in total. The van der Waals surface area contributed by atoms with Crippen molar-refractivity contribution in [2.24, 2.45) is 10.8 Å². The Morgan fingerprint density at radius 1 is 0.800 bits per heavy atom. The molecule has 5 heteroatoms. The molecular formula is C25H35AgN2O2. The summed E-state index contributed by atoms with van der Waals surface area (Å²) >= 11 is 0. The Bertz CT molecular complexity index is 945. The van der Waals surface area contributed by atoms with Crippen LogP contribution in [0.1, 0.15) is 48.5 Å². The van der Waals surface area contributed by atoms with Crippen LogP contribution in [0.5, 0.6) is 0 Å². The molecule has 0 aliphatic heterocycles. The standard InChI is InChI=1S/C23H31N2.C2H4O2.Ag/c1-22(2,3)15-24-17-25(16-23(4,5)6)21-14-10-8-12-19(21)18-11-7-9-13-20(18)24;1-2(3)4;/h7-14,17H,15-16H2,1-6H3;1H3,(H,3,4);/q-1;;+1. The van der Waals surface area contributed by atoms with E-state index in [9.17, 15) is 0 Å². The molecule has 0 fully saturated rings. The normalized spacial score (nSPS) is 11.4. The van der Waals surface area contributed by atoms with Gasteiger partial charge in [0.25, 0.3) is 5.97 Å². The van der Waals surface area contributed by atoms with Crippen LogP contribution in [-0.4, -0.2) is 20.2 Å². The van der Waals surface area contributed by atoms with E-state index in [2.05, 4.69) is 106 Å². The third kappa shape index (κ3) is 7.75. The van der Waals surface area contributed by atoms with Gasteiger partial charge in [-0.15, -0.1) is 0 Å². The topological polar surface area (TPSA) is 47.2 Å². The van der Waals surface area contributed by atoms with Crippen molar-refractivity contribution in [2.45, 2.75) is 61.6 Å². The molecule has 3 aromatic rings. The molecule has 0 atom stereocenters. The van der Waals surface area contributed by atoms with Crippen molar-refractivity contribution in [1.82, 2.24) is 9.13 Å². The van der Waals surface area contributed by atoms with Crippen LogP contribution in [0.3, 0.4) is 0 Å². The largest absolute Gasteiger partial charge is 1.00 e. The summed E-state index contributed by atoms with van der Waals surface area (Å²) in [6, 6.07) is 17.6. The summed E-state index contributed by atoms with van der Waals surface area (Å²) in [5.41, 5.74) is 3.02. The molecule has 168 valence electrons. The van der Waals surface area contributed by atoms with Gasteiger partial charge in [-0.2, -0.15) is 0 Å². The van der Waals surface area contributed by atoms with E-state index in [0.29, 0.717) is 0 Å². The zero-order chi connectivity index (χ0) is 21.8. The van der Waals surface area contributed by atoms with Crippen LogP contribution >= 0.6 is 0 Å². The molecule has 0 amide bonds. The van der Waals surface area contributed by atoms with Crippen LogP contribution in [0.15, 0.2) is 54.9 Å². The molecule has 1 aromatic heterocycles. The molecule has 2 aromatic carbocycles. The Morgan fingerprint density at radius 3 is 1.40 bits per heavy atom. The SMILES string of the molecule is CC(=O)O.CC(C)(C)Cn1[cH-]n(CC(C)(C)C)c2ccccc2c2ccccc21.[Ag+]. The molecule has 0 bridgehead atoms. The molecule has 0 aliphatic rings. The molecule has 30 heavy (non-hydrogen) atoms. The average molecular weight is 503 g/mol. The molecule has 0 saturated heterocycles. The molecule has 0 aliphatic carbocycles. The van der Waals surface area contributed by atoms with Crippen molar-refractivity contribution in [3.05, 3.63) is 54.9 Å². The summed E-state index contributed by atoms with van der Waals surface area (Å²) in [6.45, 7) is 16.9. The molecule has 0 spiro atoms. The molecule has 0 saturated carbocycles. The van der Waals surface area contributed by atoms with E-state index >= 15 is 0 Å². The number of carboxylic acids is 1. The fraction of sp³-hybridized carbons (Fsp3) is 0.440. The van der Waals surface area contributed by atoms with Gasteiger partial charge in [-0.3, -0.25) is 4.79 Å². The number of fused-ring (bicyclic) bond motifs is 3. The maximum absolute atomic E-state index is 9.00. The first-order chi connectivity index (χ1) is 13.4. The number of carbonyl (C=O) groups is 1. The third-order valence-corrected chi connectivity index (χ3v) is 4.29. The number of hydrogen-bond acceptors (Lipinski definition) is 1. The number of benzene rings is 2. The summed E-state index contributed by atoms with van der Waals surface area (Å²) in [6.07, 6.45) is 2.32.